The Bertz CT molecular complexity index is 454. The summed E-state index contributed by atoms with van der Waals surface area (Å²) in [6.45, 7) is 1.54. The van der Waals surface area contributed by atoms with Gasteiger partial charge in [0.05, 0.1) is 5.56 Å². The van der Waals surface area contributed by atoms with Crippen LogP contribution in [0.4, 0.5) is 13.2 Å². The largest absolute Gasteiger partial charge is 0.504 e. The molecule has 0 aliphatic carbocycles. The SMILES string of the molecule is Oc1ccc(C(F)(F)F)c(CC2CCNCC2)c1O. The molecule has 0 unspecified atom stereocenters. The molecular weight excluding hydrogens is 259 g/mol. The van der Waals surface area contributed by atoms with Gasteiger partial charge in [0.25, 0.3) is 0 Å². The van der Waals surface area contributed by atoms with Crippen molar-refractivity contribution in [2.45, 2.75) is 25.4 Å². The number of benzene rings is 1. The predicted octanol–water partition coefficient (Wildman–Crippen LogP) is 2.66. The molecule has 3 N–H and O–H groups in total. The Morgan fingerprint density at radius 1 is 1.16 bits per heavy atom. The molecule has 6 heteroatoms. The van der Waals surface area contributed by atoms with E-state index < -0.39 is 23.2 Å². The second-order valence-electron chi connectivity index (χ2n) is 4.85. The van der Waals surface area contributed by atoms with Crippen LogP contribution in [0.25, 0.3) is 0 Å². The highest BCUT2D eigenvalue weighted by Crippen LogP contribution is 2.41. The van der Waals surface area contributed by atoms with Crippen LogP contribution in [0, 0.1) is 5.92 Å². The van der Waals surface area contributed by atoms with Gasteiger partial charge in [-0.3, -0.25) is 0 Å². The molecule has 1 aromatic rings. The summed E-state index contributed by atoms with van der Waals surface area (Å²) in [6.07, 6.45) is -2.84. The zero-order valence-electron chi connectivity index (χ0n) is 10.3. The van der Waals surface area contributed by atoms with E-state index in [1.165, 1.54) is 0 Å². The predicted molar refractivity (Wildman–Crippen MR) is 64.1 cm³/mol. The number of piperidine rings is 1. The van der Waals surface area contributed by atoms with Crippen LogP contribution >= 0.6 is 0 Å². The van der Waals surface area contributed by atoms with E-state index in [1.807, 2.05) is 0 Å². The van der Waals surface area contributed by atoms with E-state index in [9.17, 15) is 23.4 Å². The number of hydrogen-bond acceptors (Lipinski definition) is 3. The Hall–Kier alpha value is -1.43. The third-order valence-corrected chi connectivity index (χ3v) is 3.52. The molecule has 0 bridgehead atoms. The van der Waals surface area contributed by atoms with E-state index >= 15 is 0 Å². The molecule has 106 valence electrons. The Labute approximate surface area is 109 Å². The zero-order valence-corrected chi connectivity index (χ0v) is 10.3. The van der Waals surface area contributed by atoms with Gasteiger partial charge in [0.2, 0.25) is 0 Å². The number of aromatic hydroxyl groups is 2. The monoisotopic (exact) mass is 275 g/mol. The van der Waals surface area contributed by atoms with Crippen molar-refractivity contribution in [1.82, 2.24) is 5.32 Å². The second-order valence-corrected chi connectivity index (χ2v) is 4.85. The first-order valence-electron chi connectivity index (χ1n) is 6.21. The van der Waals surface area contributed by atoms with Crippen LogP contribution in [0.5, 0.6) is 11.5 Å². The maximum Gasteiger partial charge on any atom is 0.416 e. The highest BCUT2D eigenvalue weighted by atomic mass is 19.4. The van der Waals surface area contributed by atoms with Crippen molar-refractivity contribution in [1.29, 1.82) is 0 Å². The van der Waals surface area contributed by atoms with E-state index in [2.05, 4.69) is 5.32 Å². The number of phenols is 2. The van der Waals surface area contributed by atoms with Crippen molar-refractivity contribution in [2.75, 3.05) is 13.1 Å². The third-order valence-electron chi connectivity index (χ3n) is 3.52. The normalized spacial score (nSPS) is 17.6. The maximum absolute atomic E-state index is 12.9. The van der Waals surface area contributed by atoms with Gasteiger partial charge in [-0.1, -0.05) is 0 Å². The van der Waals surface area contributed by atoms with Gasteiger partial charge in [-0.15, -0.1) is 0 Å². The summed E-state index contributed by atoms with van der Waals surface area (Å²) >= 11 is 0. The lowest BCUT2D eigenvalue weighted by Crippen LogP contribution is -2.29. The van der Waals surface area contributed by atoms with Crippen molar-refractivity contribution in [2.24, 2.45) is 5.92 Å². The topological polar surface area (TPSA) is 52.5 Å². The van der Waals surface area contributed by atoms with E-state index in [4.69, 9.17) is 0 Å². The molecule has 1 saturated heterocycles. The molecule has 1 aromatic carbocycles. The fourth-order valence-corrected chi connectivity index (χ4v) is 2.47. The molecular formula is C13H16F3NO2. The molecule has 1 aliphatic heterocycles. The Morgan fingerprint density at radius 3 is 2.37 bits per heavy atom. The van der Waals surface area contributed by atoms with Gasteiger partial charge in [-0.25, -0.2) is 0 Å². The number of rotatable bonds is 2. The zero-order chi connectivity index (χ0) is 14.0. The lowest BCUT2D eigenvalue weighted by molar-refractivity contribution is -0.138. The highest BCUT2D eigenvalue weighted by molar-refractivity contribution is 5.50. The summed E-state index contributed by atoms with van der Waals surface area (Å²) in [5.74, 6) is -1.06. The molecule has 0 saturated carbocycles. The van der Waals surface area contributed by atoms with E-state index in [0.29, 0.717) is 0 Å². The van der Waals surface area contributed by atoms with Crippen molar-refractivity contribution in [3.05, 3.63) is 23.3 Å². The van der Waals surface area contributed by atoms with Crippen LogP contribution < -0.4 is 5.32 Å². The average Bonchev–Trinajstić information content (AvgIpc) is 2.35. The van der Waals surface area contributed by atoms with Gasteiger partial charge >= 0.3 is 6.18 Å². The van der Waals surface area contributed by atoms with Crippen molar-refractivity contribution < 1.29 is 23.4 Å². The molecule has 0 amide bonds. The van der Waals surface area contributed by atoms with Crippen LogP contribution in [0.1, 0.15) is 24.0 Å². The quantitative estimate of drug-likeness (QED) is 0.727. The number of phenolic OH excluding ortho intramolecular Hbond substituents is 2. The summed E-state index contributed by atoms with van der Waals surface area (Å²) in [5.41, 5.74) is -1.05. The lowest BCUT2D eigenvalue weighted by Gasteiger charge is -2.24. The molecule has 3 nitrogen and oxygen atoms in total. The maximum atomic E-state index is 12.9. The Morgan fingerprint density at radius 2 is 1.79 bits per heavy atom. The molecule has 1 aliphatic rings. The fourth-order valence-electron chi connectivity index (χ4n) is 2.47. The van der Waals surface area contributed by atoms with Gasteiger partial charge in [0, 0.05) is 5.56 Å². The van der Waals surface area contributed by atoms with Crippen LogP contribution in [-0.2, 0) is 12.6 Å². The molecule has 19 heavy (non-hydrogen) atoms. The molecule has 0 radical (unpaired) electrons. The molecule has 0 spiro atoms. The first kappa shape index (κ1) is 14.0. The third kappa shape index (κ3) is 3.12. The summed E-state index contributed by atoms with van der Waals surface area (Å²) in [5, 5.41) is 22.2. The van der Waals surface area contributed by atoms with Crippen LogP contribution in [0.2, 0.25) is 0 Å². The number of nitrogens with one attached hydrogen (secondary N) is 1. The molecule has 0 aromatic heterocycles. The van der Waals surface area contributed by atoms with E-state index in [1.54, 1.807) is 0 Å². The number of alkyl halides is 3. The molecule has 2 rings (SSSR count). The summed E-state index contributed by atoms with van der Waals surface area (Å²) in [7, 11) is 0. The molecule has 1 fully saturated rings. The van der Waals surface area contributed by atoms with Gasteiger partial charge in [-0.2, -0.15) is 13.2 Å². The van der Waals surface area contributed by atoms with Crippen LogP contribution in [-0.4, -0.2) is 23.3 Å². The summed E-state index contributed by atoms with van der Waals surface area (Å²) in [6, 6.07) is 1.70. The fraction of sp³-hybridized carbons (Fsp3) is 0.538. The molecule has 1 heterocycles. The summed E-state index contributed by atoms with van der Waals surface area (Å²) < 4.78 is 38.7. The van der Waals surface area contributed by atoms with Crippen LogP contribution in [0.15, 0.2) is 12.1 Å². The van der Waals surface area contributed by atoms with Crippen molar-refractivity contribution >= 4 is 0 Å². The van der Waals surface area contributed by atoms with Crippen molar-refractivity contribution in [3.63, 3.8) is 0 Å². The highest BCUT2D eigenvalue weighted by Gasteiger charge is 2.35. The minimum Gasteiger partial charge on any atom is -0.504 e. The number of hydrogen-bond donors (Lipinski definition) is 3. The minimum atomic E-state index is -4.52. The first-order chi connectivity index (χ1) is 8.89. The summed E-state index contributed by atoms with van der Waals surface area (Å²) in [4.78, 5) is 0. The van der Waals surface area contributed by atoms with Gasteiger partial charge in [0.15, 0.2) is 11.5 Å². The van der Waals surface area contributed by atoms with Gasteiger partial charge < -0.3 is 15.5 Å². The second kappa shape index (κ2) is 5.28. The minimum absolute atomic E-state index is 0.0926. The van der Waals surface area contributed by atoms with Crippen LogP contribution in [0.3, 0.4) is 0 Å². The smallest absolute Gasteiger partial charge is 0.416 e. The number of halogens is 3. The van der Waals surface area contributed by atoms with E-state index in [-0.39, 0.29) is 17.9 Å². The van der Waals surface area contributed by atoms with E-state index in [0.717, 1.165) is 38.1 Å². The first-order valence-corrected chi connectivity index (χ1v) is 6.21. The lowest BCUT2D eigenvalue weighted by atomic mass is 9.88. The average molecular weight is 275 g/mol. The van der Waals surface area contributed by atoms with Crippen molar-refractivity contribution in [3.8, 4) is 11.5 Å². The Balaban J connectivity index is 2.33. The van der Waals surface area contributed by atoms with Gasteiger partial charge in [0.1, 0.15) is 0 Å². The van der Waals surface area contributed by atoms with Gasteiger partial charge in [-0.05, 0) is 50.4 Å². The Kier molecular flexibility index (Phi) is 3.89. The standard InChI is InChI=1S/C13H16F3NO2/c14-13(15,16)10-1-2-11(18)12(19)9(10)7-8-3-5-17-6-4-8/h1-2,8,17-19H,3-7H2. The molecule has 0 atom stereocenters.